The molecule has 5 rings (SSSR count). The number of H-pyrrole nitrogens is 1. The van der Waals surface area contributed by atoms with E-state index in [2.05, 4.69) is 9.88 Å². The molecule has 1 aromatic heterocycles. The number of sulfonamides is 1. The number of nitrogens with one attached hydrogen (secondary N) is 1. The van der Waals surface area contributed by atoms with Gasteiger partial charge in [0.25, 0.3) is 10.0 Å². The molecule has 1 aliphatic carbocycles. The summed E-state index contributed by atoms with van der Waals surface area (Å²) in [5.74, 6) is -0.538. The first-order valence-electron chi connectivity index (χ1n) is 11.0. The molecule has 7 nitrogen and oxygen atoms in total. The maximum atomic E-state index is 13.3. The second kappa shape index (κ2) is 7.94. The van der Waals surface area contributed by atoms with E-state index in [1.165, 1.54) is 7.05 Å². The lowest BCUT2D eigenvalue weighted by Gasteiger charge is -2.29. The number of aromatic amines is 1. The molecule has 168 valence electrons. The van der Waals surface area contributed by atoms with Crippen LogP contribution in [0.5, 0.6) is 0 Å². The third kappa shape index (κ3) is 3.57. The Morgan fingerprint density at radius 1 is 1.12 bits per heavy atom. The number of nitrogens with zero attached hydrogens (tertiary/aromatic N) is 2. The van der Waals surface area contributed by atoms with E-state index in [-0.39, 0.29) is 16.7 Å². The summed E-state index contributed by atoms with van der Waals surface area (Å²) in [5.41, 5.74) is 3.36. The number of hydrogen-bond donors (Lipinski definition) is 2. The van der Waals surface area contributed by atoms with Crippen molar-refractivity contribution in [2.24, 2.45) is 5.92 Å². The molecule has 2 aromatic carbocycles. The van der Waals surface area contributed by atoms with Crippen LogP contribution in [0.2, 0.25) is 0 Å². The van der Waals surface area contributed by atoms with Gasteiger partial charge in [0.05, 0.1) is 11.0 Å². The van der Waals surface area contributed by atoms with Gasteiger partial charge in [-0.3, -0.25) is 4.79 Å². The Kier molecular flexibility index (Phi) is 5.22. The van der Waals surface area contributed by atoms with E-state index < -0.39 is 16.1 Å². The van der Waals surface area contributed by atoms with E-state index in [9.17, 15) is 18.3 Å². The number of anilines is 1. The molecule has 3 aromatic rings. The number of amides is 1. The van der Waals surface area contributed by atoms with Gasteiger partial charge in [0, 0.05) is 53.9 Å². The van der Waals surface area contributed by atoms with E-state index >= 15 is 0 Å². The number of carbonyl (C=O) groups excluding carboxylic acids is 1. The molecule has 0 unspecified atom stereocenters. The molecule has 0 radical (unpaired) electrons. The number of hydrogen-bond acceptors (Lipinski definition) is 5. The largest absolute Gasteiger partial charge is 0.391 e. The maximum absolute atomic E-state index is 13.3. The van der Waals surface area contributed by atoms with E-state index in [0.717, 1.165) is 51.4 Å². The molecule has 2 fully saturated rings. The lowest BCUT2D eigenvalue weighted by molar-refractivity contribution is -0.132. The molecule has 1 atom stereocenters. The van der Waals surface area contributed by atoms with Crippen LogP contribution in [0, 0.1) is 5.92 Å². The Bertz CT molecular complexity index is 1250. The van der Waals surface area contributed by atoms with E-state index in [0.29, 0.717) is 19.5 Å². The Morgan fingerprint density at radius 2 is 1.91 bits per heavy atom. The number of rotatable bonds is 5. The Balaban J connectivity index is 1.59. The summed E-state index contributed by atoms with van der Waals surface area (Å²) in [7, 11) is -2.62. The molecule has 1 saturated heterocycles. The highest BCUT2D eigenvalue weighted by Crippen LogP contribution is 2.37. The Labute approximate surface area is 187 Å². The van der Waals surface area contributed by atoms with Gasteiger partial charge in [-0.05, 0) is 49.6 Å². The van der Waals surface area contributed by atoms with E-state index in [1.807, 2.05) is 30.3 Å². The van der Waals surface area contributed by atoms with Crippen molar-refractivity contribution < 1.29 is 18.3 Å². The van der Waals surface area contributed by atoms with Crippen molar-refractivity contribution >= 4 is 32.5 Å². The summed E-state index contributed by atoms with van der Waals surface area (Å²) in [6, 6.07) is 14.9. The molecule has 0 bridgehead atoms. The zero-order valence-electron chi connectivity index (χ0n) is 18.0. The van der Waals surface area contributed by atoms with Gasteiger partial charge in [0.15, 0.2) is 0 Å². The van der Waals surface area contributed by atoms with Crippen molar-refractivity contribution in [3.05, 3.63) is 48.5 Å². The summed E-state index contributed by atoms with van der Waals surface area (Å²) in [5, 5.41) is 11.1. The van der Waals surface area contributed by atoms with Crippen molar-refractivity contribution in [1.29, 1.82) is 0 Å². The standard InChI is InChI=1S/C24H27N3O4S/c1-26(24(29)16-6-4-7-16)32(30,31)19-9-10-23(27-12-11-18(28)15-27)20(14-19)22-13-17-5-2-3-8-21(17)25-22/h2-3,5,8-10,13-14,16,18,25,28H,4,6-7,11-12,15H2,1H3/t18-/m0/s1. The number of carbonyl (C=O) groups is 1. The molecule has 8 heteroatoms. The molecule has 2 aliphatic rings. The van der Waals surface area contributed by atoms with Gasteiger partial charge in [0.2, 0.25) is 5.91 Å². The first-order valence-corrected chi connectivity index (χ1v) is 12.5. The van der Waals surface area contributed by atoms with Crippen LogP contribution in [0.15, 0.2) is 53.4 Å². The number of para-hydroxylation sites is 1. The number of aromatic nitrogens is 1. The monoisotopic (exact) mass is 453 g/mol. The maximum Gasteiger partial charge on any atom is 0.266 e. The minimum atomic E-state index is -3.97. The normalized spacial score (nSPS) is 19.3. The summed E-state index contributed by atoms with van der Waals surface area (Å²) in [4.78, 5) is 18.2. The van der Waals surface area contributed by atoms with Gasteiger partial charge in [-0.1, -0.05) is 24.6 Å². The SMILES string of the molecule is CN(C(=O)C1CCC1)S(=O)(=O)c1ccc(N2CC[C@H](O)C2)c(-c2cc3ccccc3[nH]2)c1. The second-order valence-corrected chi connectivity index (χ2v) is 10.7. The van der Waals surface area contributed by atoms with Crippen LogP contribution in [-0.2, 0) is 14.8 Å². The molecule has 1 aliphatic heterocycles. The fraction of sp³-hybridized carbons (Fsp3) is 0.375. The van der Waals surface area contributed by atoms with Crippen LogP contribution in [0.25, 0.3) is 22.2 Å². The number of benzene rings is 2. The van der Waals surface area contributed by atoms with Crippen LogP contribution < -0.4 is 4.90 Å². The van der Waals surface area contributed by atoms with Crippen molar-refractivity contribution in [2.45, 2.75) is 36.7 Å². The first kappa shape index (κ1) is 21.0. The Morgan fingerprint density at radius 3 is 2.56 bits per heavy atom. The van der Waals surface area contributed by atoms with E-state index in [1.54, 1.807) is 18.2 Å². The van der Waals surface area contributed by atoms with Gasteiger partial charge in [-0.2, -0.15) is 0 Å². The van der Waals surface area contributed by atoms with Crippen molar-refractivity contribution in [3.8, 4) is 11.3 Å². The van der Waals surface area contributed by atoms with Crippen LogP contribution in [0.1, 0.15) is 25.7 Å². The summed E-state index contributed by atoms with van der Waals surface area (Å²) in [6.07, 6.45) is 2.72. The van der Waals surface area contributed by atoms with Crippen molar-refractivity contribution in [1.82, 2.24) is 9.29 Å². The summed E-state index contributed by atoms with van der Waals surface area (Å²) in [6.45, 7) is 1.19. The predicted octanol–water partition coefficient (Wildman–Crippen LogP) is 3.35. The lowest BCUT2D eigenvalue weighted by Crippen LogP contribution is -2.40. The number of β-amino-alcohol motifs (C(OH)–C–C–N with tert-alkyl or cyclic N) is 1. The molecule has 0 spiro atoms. The third-order valence-electron chi connectivity index (χ3n) is 6.72. The molecular formula is C24H27N3O4S. The van der Waals surface area contributed by atoms with Crippen LogP contribution in [0.4, 0.5) is 5.69 Å². The molecule has 2 heterocycles. The second-order valence-electron chi connectivity index (χ2n) is 8.78. The fourth-order valence-electron chi connectivity index (χ4n) is 4.54. The zero-order chi connectivity index (χ0) is 22.5. The molecule has 2 N–H and O–H groups in total. The van der Waals surface area contributed by atoms with Gasteiger partial charge >= 0.3 is 0 Å². The Hall–Kier alpha value is -2.84. The number of fused-ring (bicyclic) bond motifs is 1. The van der Waals surface area contributed by atoms with Gasteiger partial charge < -0.3 is 15.0 Å². The molecule has 32 heavy (non-hydrogen) atoms. The summed E-state index contributed by atoms with van der Waals surface area (Å²) < 4.78 is 27.5. The average molecular weight is 454 g/mol. The third-order valence-corrected chi connectivity index (χ3v) is 8.47. The van der Waals surface area contributed by atoms with Crippen LogP contribution >= 0.6 is 0 Å². The lowest BCUT2D eigenvalue weighted by atomic mass is 9.85. The smallest absolute Gasteiger partial charge is 0.266 e. The van der Waals surface area contributed by atoms with Gasteiger partial charge in [0.1, 0.15) is 0 Å². The minimum Gasteiger partial charge on any atom is -0.391 e. The predicted molar refractivity (Wildman–Crippen MR) is 124 cm³/mol. The van der Waals surface area contributed by atoms with E-state index in [4.69, 9.17) is 0 Å². The highest BCUT2D eigenvalue weighted by Gasteiger charge is 2.35. The number of aliphatic hydroxyl groups excluding tert-OH is 1. The minimum absolute atomic E-state index is 0.0878. The summed E-state index contributed by atoms with van der Waals surface area (Å²) >= 11 is 0. The highest BCUT2D eigenvalue weighted by molar-refractivity contribution is 7.89. The molecule has 1 saturated carbocycles. The topological polar surface area (TPSA) is 93.7 Å². The van der Waals surface area contributed by atoms with Gasteiger partial charge in [-0.15, -0.1) is 0 Å². The zero-order valence-corrected chi connectivity index (χ0v) is 18.8. The van der Waals surface area contributed by atoms with Crippen LogP contribution in [-0.4, -0.2) is 55.0 Å². The molecule has 1 amide bonds. The van der Waals surface area contributed by atoms with Crippen molar-refractivity contribution in [2.75, 3.05) is 25.0 Å². The fourth-order valence-corrected chi connectivity index (χ4v) is 5.74. The first-order chi connectivity index (χ1) is 15.3. The van der Waals surface area contributed by atoms with Gasteiger partial charge in [-0.25, -0.2) is 12.7 Å². The average Bonchev–Trinajstić information content (AvgIpc) is 3.37. The van der Waals surface area contributed by atoms with Crippen LogP contribution in [0.3, 0.4) is 0 Å². The quantitative estimate of drug-likeness (QED) is 0.618. The molecular weight excluding hydrogens is 426 g/mol. The number of aliphatic hydroxyl groups is 1. The van der Waals surface area contributed by atoms with Crippen molar-refractivity contribution in [3.63, 3.8) is 0 Å². The highest BCUT2D eigenvalue weighted by atomic mass is 32.2.